The summed E-state index contributed by atoms with van der Waals surface area (Å²) >= 11 is 0. The van der Waals surface area contributed by atoms with Gasteiger partial charge in [-0.1, -0.05) is 26.8 Å². The van der Waals surface area contributed by atoms with Crippen molar-refractivity contribution in [2.24, 2.45) is 16.1 Å². The monoisotopic (exact) mass is 168 g/mol. The quantitative estimate of drug-likeness (QED) is 0.510. The van der Waals surface area contributed by atoms with Crippen molar-refractivity contribution in [2.75, 3.05) is 7.05 Å². The summed E-state index contributed by atoms with van der Waals surface area (Å²) in [5, 5.41) is 0. The van der Waals surface area contributed by atoms with Crippen molar-refractivity contribution in [3.63, 3.8) is 0 Å². The van der Waals surface area contributed by atoms with Crippen molar-refractivity contribution in [1.82, 2.24) is 0 Å². The number of nitrogens with two attached hydrogens (primary N) is 1. The molecule has 12 heavy (non-hydrogen) atoms. The van der Waals surface area contributed by atoms with Crippen LogP contribution in [0.5, 0.6) is 0 Å². The second-order valence-corrected chi connectivity index (χ2v) is 3.78. The molecule has 0 fully saturated rings. The van der Waals surface area contributed by atoms with Gasteiger partial charge in [-0.3, -0.25) is 4.99 Å². The minimum absolute atomic E-state index is 0.222. The molecule has 0 aliphatic rings. The van der Waals surface area contributed by atoms with Gasteiger partial charge < -0.3 is 5.73 Å². The van der Waals surface area contributed by atoms with Gasteiger partial charge in [-0.2, -0.15) is 0 Å². The number of hydrogen-bond acceptors (Lipinski definition) is 1. The third kappa shape index (κ3) is 3.56. The number of nitrogens with zero attached hydrogens (tertiary/aromatic N) is 1. The molecular weight excluding hydrogens is 148 g/mol. The third-order valence-electron chi connectivity index (χ3n) is 2.16. The first-order chi connectivity index (χ1) is 5.43. The van der Waals surface area contributed by atoms with Crippen molar-refractivity contribution < 1.29 is 0 Å². The van der Waals surface area contributed by atoms with E-state index in [1.807, 2.05) is 6.92 Å². The Labute approximate surface area is 75.6 Å². The molecule has 2 nitrogen and oxygen atoms in total. The lowest BCUT2D eigenvalue weighted by Crippen LogP contribution is -2.16. The summed E-state index contributed by atoms with van der Waals surface area (Å²) in [6.07, 6.45) is 3.29. The fourth-order valence-corrected chi connectivity index (χ4v) is 0.938. The molecule has 0 aromatic rings. The van der Waals surface area contributed by atoms with Crippen molar-refractivity contribution >= 4 is 5.84 Å². The summed E-state index contributed by atoms with van der Waals surface area (Å²) in [5.74, 6) is 0.636. The second-order valence-electron chi connectivity index (χ2n) is 3.78. The highest BCUT2D eigenvalue weighted by Gasteiger charge is 2.12. The molecule has 0 rings (SSSR count). The Morgan fingerprint density at radius 3 is 2.33 bits per heavy atom. The molecule has 2 heteroatoms. The molecule has 0 radical (unpaired) electrons. The summed E-state index contributed by atoms with van der Waals surface area (Å²) in [7, 11) is 1.71. The normalized spacial score (nSPS) is 15.1. The van der Waals surface area contributed by atoms with Gasteiger partial charge in [0.25, 0.3) is 0 Å². The molecule has 0 aliphatic heterocycles. The van der Waals surface area contributed by atoms with Crippen LogP contribution in [-0.4, -0.2) is 12.9 Å². The summed E-state index contributed by atoms with van der Waals surface area (Å²) < 4.78 is 0. The largest absolute Gasteiger partial charge is 0.384 e. The van der Waals surface area contributed by atoms with E-state index in [1.54, 1.807) is 7.05 Å². The predicted octanol–water partition coefficient (Wildman–Crippen LogP) is 2.36. The van der Waals surface area contributed by atoms with Gasteiger partial charge in [0.2, 0.25) is 0 Å². The molecule has 0 saturated carbocycles. The van der Waals surface area contributed by atoms with Crippen LogP contribution in [0.4, 0.5) is 0 Å². The van der Waals surface area contributed by atoms with Crippen LogP contribution < -0.4 is 5.73 Å². The fourth-order valence-electron chi connectivity index (χ4n) is 0.938. The Kier molecular flexibility index (Phi) is 4.01. The Hall–Kier alpha value is -0.790. The molecule has 70 valence electrons. The minimum Gasteiger partial charge on any atom is -0.384 e. The molecule has 0 saturated heterocycles. The lowest BCUT2D eigenvalue weighted by Gasteiger charge is -2.18. The van der Waals surface area contributed by atoms with Gasteiger partial charge >= 0.3 is 0 Å². The van der Waals surface area contributed by atoms with Gasteiger partial charge in [-0.25, -0.2) is 0 Å². The van der Waals surface area contributed by atoms with E-state index < -0.39 is 0 Å². The summed E-state index contributed by atoms with van der Waals surface area (Å²) in [4.78, 5) is 3.93. The van der Waals surface area contributed by atoms with Gasteiger partial charge in [0.05, 0.1) is 0 Å². The molecule has 0 aromatic carbocycles. The Morgan fingerprint density at radius 2 is 2.00 bits per heavy atom. The zero-order chi connectivity index (χ0) is 9.78. The maximum Gasteiger partial charge on any atom is 0.120 e. The topological polar surface area (TPSA) is 38.4 Å². The summed E-state index contributed by atoms with van der Waals surface area (Å²) in [6, 6.07) is 0. The van der Waals surface area contributed by atoms with Crippen molar-refractivity contribution in [3.8, 4) is 0 Å². The molecule has 0 aromatic heterocycles. The van der Waals surface area contributed by atoms with Gasteiger partial charge in [-0.05, 0) is 24.3 Å². The van der Waals surface area contributed by atoms with Crippen LogP contribution in [0.25, 0.3) is 0 Å². The molecule has 0 amide bonds. The van der Waals surface area contributed by atoms with E-state index in [0.29, 0.717) is 5.84 Å². The maximum absolute atomic E-state index is 5.66. The van der Waals surface area contributed by atoms with Gasteiger partial charge in [-0.15, -0.1) is 0 Å². The van der Waals surface area contributed by atoms with E-state index in [2.05, 4.69) is 31.8 Å². The standard InChI is InChI=1S/C10H20N2/c1-6-10(3,4)7-8(2)9(11)12-5/h7H,6H2,1-5H3,(H2,11,12)/b8-7-. The number of aliphatic imine (C=N–C) groups is 1. The minimum atomic E-state index is 0.222. The van der Waals surface area contributed by atoms with E-state index in [9.17, 15) is 0 Å². The Bertz CT molecular complexity index is 200. The van der Waals surface area contributed by atoms with Crippen LogP contribution in [-0.2, 0) is 0 Å². The Morgan fingerprint density at radius 1 is 1.50 bits per heavy atom. The molecule has 0 unspecified atom stereocenters. The summed E-state index contributed by atoms with van der Waals surface area (Å²) in [6.45, 7) is 8.56. The smallest absolute Gasteiger partial charge is 0.120 e. The van der Waals surface area contributed by atoms with E-state index in [-0.39, 0.29) is 5.41 Å². The van der Waals surface area contributed by atoms with E-state index in [0.717, 1.165) is 12.0 Å². The lowest BCUT2D eigenvalue weighted by atomic mass is 9.88. The zero-order valence-electron chi connectivity index (χ0n) is 8.81. The number of hydrogen-bond donors (Lipinski definition) is 1. The molecule has 0 atom stereocenters. The van der Waals surface area contributed by atoms with E-state index >= 15 is 0 Å². The van der Waals surface area contributed by atoms with E-state index in [1.165, 1.54) is 0 Å². The average Bonchev–Trinajstić information content (AvgIpc) is 2.02. The van der Waals surface area contributed by atoms with Crippen molar-refractivity contribution in [1.29, 1.82) is 0 Å². The molecule has 0 bridgehead atoms. The molecular formula is C10H20N2. The lowest BCUT2D eigenvalue weighted by molar-refractivity contribution is 0.460. The number of allylic oxidation sites excluding steroid dienone is 1. The number of rotatable bonds is 3. The Balaban J connectivity index is 4.56. The van der Waals surface area contributed by atoms with Crippen molar-refractivity contribution in [2.45, 2.75) is 34.1 Å². The van der Waals surface area contributed by atoms with Crippen LogP contribution >= 0.6 is 0 Å². The fraction of sp³-hybridized carbons (Fsp3) is 0.700. The third-order valence-corrected chi connectivity index (χ3v) is 2.16. The van der Waals surface area contributed by atoms with Gasteiger partial charge in [0, 0.05) is 7.05 Å². The molecule has 0 heterocycles. The first-order valence-corrected chi connectivity index (χ1v) is 4.35. The van der Waals surface area contributed by atoms with Crippen LogP contribution in [0, 0.1) is 5.41 Å². The van der Waals surface area contributed by atoms with Crippen LogP contribution in [0.2, 0.25) is 0 Å². The van der Waals surface area contributed by atoms with Crippen LogP contribution in [0.3, 0.4) is 0 Å². The highest BCUT2D eigenvalue weighted by molar-refractivity contribution is 5.96. The molecule has 2 N–H and O–H groups in total. The first kappa shape index (κ1) is 11.2. The summed E-state index contributed by atoms with van der Waals surface area (Å²) in [5.41, 5.74) is 6.96. The highest BCUT2D eigenvalue weighted by Crippen LogP contribution is 2.22. The van der Waals surface area contributed by atoms with Crippen LogP contribution in [0.15, 0.2) is 16.6 Å². The van der Waals surface area contributed by atoms with Gasteiger partial charge in [0.15, 0.2) is 0 Å². The predicted molar refractivity (Wildman–Crippen MR) is 55.4 cm³/mol. The zero-order valence-corrected chi connectivity index (χ0v) is 8.81. The molecule has 0 aliphatic carbocycles. The van der Waals surface area contributed by atoms with Crippen molar-refractivity contribution in [3.05, 3.63) is 11.6 Å². The first-order valence-electron chi connectivity index (χ1n) is 4.35. The van der Waals surface area contributed by atoms with Gasteiger partial charge in [0.1, 0.15) is 5.84 Å². The second kappa shape index (κ2) is 4.29. The SMILES string of the molecule is CCC(C)(C)/C=C(/C)C(N)=NC. The highest BCUT2D eigenvalue weighted by atomic mass is 14.8. The van der Waals surface area contributed by atoms with Crippen LogP contribution in [0.1, 0.15) is 34.1 Å². The number of amidine groups is 1. The van der Waals surface area contributed by atoms with E-state index in [4.69, 9.17) is 5.73 Å². The average molecular weight is 168 g/mol. The maximum atomic E-state index is 5.66. The molecule has 0 spiro atoms.